The van der Waals surface area contributed by atoms with Crippen LogP contribution < -0.4 is 0 Å². The summed E-state index contributed by atoms with van der Waals surface area (Å²) in [6.45, 7) is 0.787. The lowest BCUT2D eigenvalue weighted by Gasteiger charge is -2.39. The highest BCUT2D eigenvalue weighted by molar-refractivity contribution is 6.42. The Hall–Kier alpha value is -1.55. The predicted molar refractivity (Wildman–Crippen MR) is 96.9 cm³/mol. The van der Waals surface area contributed by atoms with Gasteiger partial charge >= 0.3 is 5.97 Å². The van der Waals surface area contributed by atoms with Crippen LogP contribution in [0.2, 0.25) is 10.0 Å². The summed E-state index contributed by atoms with van der Waals surface area (Å²) in [6, 6.07) is 13.0. The van der Waals surface area contributed by atoms with E-state index in [1.165, 1.54) is 0 Å². The minimum atomic E-state index is -0.732. The second-order valence-electron chi connectivity index (χ2n) is 6.40. The van der Waals surface area contributed by atoms with Crippen molar-refractivity contribution in [3.05, 3.63) is 69.2 Å². The molecule has 0 saturated heterocycles. The minimum Gasteiger partial charge on any atom is -0.450 e. The third-order valence-electron chi connectivity index (χ3n) is 4.41. The van der Waals surface area contributed by atoms with Crippen molar-refractivity contribution in [1.82, 2.24) is 4.90 Å². The first-order valence-corrected chi connectivity index (χ1v) is 8.58. The summed E-state index contributed by atoms with van der Waals surface area (Å²) in [4.78, 5) is 14.7. The van der Waals surface area contributed by atoms with Crippen LogP contribution in [0.25, 0.3) is 0 Å². The van der Waals surface area contributed by atoms with Crippen molar-refractivity contribution >= 4 is 29.2 Å². The smallest absolute Gasteiger partial charge is 0.339 e. The molecule has 1 unspecified atom stereocenters. The maximum atomic E-state index is 12.6. The van der Waals surface area contributed by atoms with Crippen molar-refractivity contribution in [1.29, 1.82) is 0 Å². The molecule has 1 aliphatic heterocycles. The van der Waals surface area contributed by atoms with Crippen molar-refractivity contribution in [2.24, 2.45) is 0 Å². The summed E-state index contributed by atoms with van der Waals surface area (Å²) in [6.07, 6.45) is 1.30. The minimum absolute atomic E-state index is 0.290. The number of hydrogen-bond acceptors (Lipinski definition) is 3. The number of carbonyl (C=O) groups excluding carboxylic acids is 1. The summed E-state index contributed by atoms with van der Waals surface area (Å²) < 4.78 is 5.96. The van der Waals surface area contributed by atoms with Gasteiger partial charge in [0.15, 0.2) is 0 Å². The van der Waals surface area contributed by atoms with Crippen LogP contribution in [-0.2, 0) is 16.8 Å². The number of nitrogens with zero attached hydrogens (tertiary/aromatic N) is 1. The molecule has 1 heterocycles. The zero-order valence-electron chi connectivity index (χ0n) is 13.7. The van der Waals surface area contributed by atoms with Crippen LogP contribution in [0.1, 0.15) is 27.9 Å². The Labute approximate surface area is 152 Å². The van der Waals surface area contributed by atoms with E-state index in [0.717, 1.165) is 17.7 Å². The maximum absolute atomic E-state index is 12.6. The van der Waals surface area contributed by atoms with Gasteiger partial charge in [0.25, 0.3) is 0 Å². The zero-order chi connectivity index (χ0) is 17.3. The van der Waals surface area contributed by atoms with Crippen molar-refractivity contribution in [2.45, 2.75) is 18.4 Å². The molecule has 5 heteroatoms. The quantitative estimate of drug-likeness (QED) is 0.746. The van der Waals surface area contributed by atoms with Gasteiger partial charge in [-0.1, -0.05) is 47.5 Å². The second-order valence-corrected chi connectivity index (χ2v) is 7.21. The molecule has 2 aromatic rings. The molecule has 0 radical (unpaired) electrons. The molecule has 1 atom stereocenters. The van der Waals surface area contributed by atoms with Gasteiger partial charge in [-0.25, -0.2) is 4.79 Å². The van der Waals surface area contributed by atoms with E-state index >= 15 is 0 Å². The average Bonchev–Trinajstić information content (AvgIpc) is 2.55. The number of benzene rings is 2. The molecular formula is C19H19Cl2NO2. The van der Waals surface area contributed by atoms with E-state index in [1.54, 1.807) is 12.1 Å². The lowest BCUT2D eigenvalue weighted by molar-refractivity contribution is -0.0355. The number of cyclic esters (lactones) is 1. The van der Waals surface area contributed by atoms with E-state index in [1.807, 2.05) is 44.4 Å². The van der Waals surface area contributed by atoms with Crippen LogP contribution in [0.15, 0.2) is 42.5 Å². The molecule has 126 valence electrons. The van der Waals surface area contributed by atoms with Crippen LogP contribution in [0.5, 0.6) is 0 Å². The van der Waals surface area contributed by atoms with Crippen LogP contribution in [0.4, 0.5) is 0 Å². The largest absolute Gasteiger partial charge is 0.450 e. The van der Waals surface area contributed by atoms with Gasteiger partial charge in [-0.05, 0) is 43.4 Å². The molecule has 2 aromatic carbocycles. The Morgan fingerprint density at radius 1 is 1.12 bits per heavy atom. The van der Waals surface area contributed by atoms with Gasteiger partial charge in [-0.2, -0.15) is 0 Å². The van der Waals surface area contributed by atoms with Gasteiger partial charge in [-0.3, -0.25) is 0 Å². The topological polar surface area (TPSA) is 29.5 Å². The summed E-state index contributed by atoms with van der Waals surface area (Å²) in [5, 5.41) is 0.957. The second kappa shape index (κ2) is 6.75. The molecule has 0 bridgehead atoms. The van der Waals surface area contributed by atoms with Crippen LogP contribution in [-0.4, -0.2) is 31.5 Å². The first-order valence-electron chi connectivity index (χ1n) is 7.83. The van der Waals surface area contributed by atoms with Crippen LogP contribution in [0, 0.1) is 0 Å². The van der Waals surface area contributed by atoms with Crippen LogP contribution >= 0.6 is 23.2 Å². The van der Waals surface area contributed by atoms with Crippen molar-refractivity contribution in [3.8, 4) is 0 Å². The number of ether oxygens (including phenoxy) is 1. The Morgan fingerprint density at radius 3 is 2.58 bits per heavy atom. The third kappa shape index (κ3) is 3.30. The van der Waals surface area contributed by atoms with Gasteiger partial charge in [0.1, 0.15) is 5.60 Å². The molecular weight excluding hydrogens is 345 g/mol. The SMILES string of the molecule is CN(C)CCC1(c2ccc(Cl)c(Cl)c2)Cc2ccccc2C(=O)O1. The lowest BCUT2D eigenvalue weighted by Crippen LogP contribution is -2.41. The normalized spacial score (nSPS) is 20.0. The Morgan fingerprint density at radius 2 is 1.88 bits per heavy atom. The molecule has 0 aliphatic carbocycles. The van der Waals surface area contributed by atoms with E-state index in [9.17, 15) is 4.79 Å². The number of halogens is 2. The summed E-state index contributed by atoms with van der Waals surface area (Å²) in [5.41, 5.74) is 1.78. The van der Waals surface area contributed by atoms with E-state index in [4.69, 9.17) is 27.9 Å². The van der Waals surface area contributed by atoms with E-state index < -0.39 is 5.60 Å². The van der Waals surface area contributed by atoms with Crippen molar-refractivity contribution in [2.75, 3.05) is 20.6 Å². The number of rotatable bonds is 4. The van der Waals surface area contributed by atoms with E-state index in [2.05, 4.69) is 4.90 Å². The standard InChI is InChI=1S/C19H19Cl2NO2/c1-22(2)10-9-19(14-7-8-16(20)17(21)11-14)12-13-5-3-4-6-15(13)18(23)24-19/h3-8,11H,9-10,12H2,1-2H3. The van der Waals surface area contributed by atoms with Gasteiger partial charge < -0.3 is 9.64 Å². The van der Waals surface area contributed by atoms with Crippen molar-refractivity contribution < 1.29 is 9.53 Å². The zero-order valence-corrected chi connectivity index (χ0v) is 15.2. The number of fused-ring (bicyclic) bond motifs is 1. The molecule has 24 heavy (non-hydrogen) atoms. The molecule has 1 aliphatic rings. The fourth-order valence-corrected chi connectivity index (χ4v) is 3.38. The van der Waals surface area contributed by atoms with Crippen LogP contribution in [0.3, 0.4) is 0 Å². The summed E-state index contributed by atoms with van der Waals surface area (Å²) in [7, 11) is 4.00. The highest BCUT2D eigenvalue weighted by atomic mass is 35.5. The monoisotopic (exact) mass is 363 g/mol. The fourth-order valence-electron chi connectivity index (χ4n) is 3.08. The molecule has 3 rings (SSSR count). The van der Waals surface area contributed by atoms with Gasteiger partial charge in [0.05, 0.1) is 15.6 Å². The molecule has 0 saturated carbocycles. The molecule has 3 nitrogen and oxygen atoms in total. The molecule has 0 amide bonds. The molecule has 0 N–H and O–H groups in total. The van der Waals surface area contributed by atoms with Gasteiger partial charge in [0.2, 0.25) is 0 Å². The predicted octanol–water partition coefficient (Wildman–Crippen LogP) is 4.55. The summed E-state index contributed by atoms with van der Waals surface area (Å²) >= 11 is 12.3. The van der Waals surface area contributed by atoms with E-state index in [-0.39, 0.29) is 5.97 Å². The van der Waals surface area contributed by atoms with Gasteiger partial charge in [0, 0.05) is 19.4 Å². The molecule has 0 fully saturated rings. The lowest BCUT2D eigenvalue weighted by atomic mass is 9.81. The van der Waals surface area contributed by atoms with E-state index in [0.29, 0.717) is 28.5 Å². The third-order valence-corrected chi connectivity index (χ3v) is 5.15. The number of hydrogen-bond donors (Lipinski definition) is 0. The Bertz CT molecular complexity index is 776. The first kappa shape index (κ1) is 17.3. The van der Waals surface area contributed by atoms with Gasteiger partial charge in [-0.15, -0.1) is 0 Å². The average molecular weight is 364 g/mol. The maximum Gasteiger partial charge on any atom is 0.339 e. The highest BCUT2D eigenvalue weighted by Crippen LogP contribution is 2.41. The number of esters is 1. The number of carbonyl (C=O) groups is 1. The first-order chi connectivity index (χ1) is 11.4. The Balaban J connectivity index is 2.07. The fraction of sp³-hybridized carbons (Fsp3) is 0.316. The Kier molecular flexibility index (Phi) is 4.86. The summed E-state index contributed by atoms with van der Waals surface area (Å²) in [5.74, 6) is -0.290. The molecule has 0 aromatic heterocycles. The molecule has 0 spiro atoms. The van der Waals surface area contributed by atoms with Crippen molar-refractivity contribution in [3.63, 3.8) is 0 Å². The highest BCUT2D eigenvalue weighted by Gasteiger charge is 2.41.